The van der Waals surface area contributed by atoms with Gasteiger partial charge in [-0.25, -0.2) is 0 Å². The highest BCUT2D eigenvalue weighted by Crippen LogP contribution is 2.35. The minimum absolute atomic E-state index is 0.334. The SMILES string of the molecule is NC(=O)C(Cc1ccccc1)(c1ccccc1)c1ccccc1. The maximum Gasteiger partial charge on any atom is 0.232 e. The Hall–Kier alpha value is -2.87. The highest BCUT2D eigenvalue weighted by atomic mass is 16.1. The monoisotopic (exact) mass is 301 g/mol. The van der Waals surface area contributed by atoms with E-state index in [-0.39, 0.29) is 5.91 Å². The largest absolute Gasteiger partial charge is 0.369 e. The van der Waals surface area contributed by atoms with Crippen molar-refractivity contribution in [2.45, 2.75) is 11.8 Å². The quantitative estimate of drug-likeness (QED) is 0.767. The second-order valence-electron chi connectivity index (χ2n) is 5.66. The van der Waals surface area contributed by atoms with E-state index in [9.17, 15) is 4.79 Å². The lowest BCUT2D eigenvalue weighted by Gasteiger charge is -2.32. The Bertz CT molecular complexity index is 727. The molecule has 0 heterocycles. The summed E-state index contributed by atoms with van der Waals surface area (Å²) >= 11 is 0. The molecule has 1 amide bonds. The van der Waals surface area contributed by atoms with Gasteiger partial charge in [-0.15, -0.1) is 0 Å². The third kappa shape index (κ3) is 2.88. The molecule has 2 nitrogen and oxygen atoms in total. The van der Waals surface area contributed by atoms with Crippen LogP contribution in [0.5, 0.6) is 0 Å². The van der Waals surface area contributed by atoms with Crippen molar-refractivity contribution < 1.29 is 4.79 Å². The Morgan fingerprint density at radius 3 is 1.48 bits per heavy atom. The van der Waals surface area contributed by atoms with E-state index in [1.54, 1.807) is 0 Å². The van der Waals surface area contributed by atoms with Crippen LogP contribution in [0, 0.1) is 0 Å². The van der Waals surface area contributed by atoms with Gasteiger partial charge in [0.15, 0.2) is 0 Å². The highest BCUT2D eigenvalue weighted by Gasteiger charge is 2.40. The van der Waals surface area contributed by atoms with Crippen LogP contribution in [-0.2, 0) is 16.6 Å². The summed E-state index contributed by atoms with van der Waals surface area (Å²) in [5.41, 5.74) is 7.99. The molecule has 0 bridgehead atoms. The van der Waals surface area contributed by atoms with Crippen molar-refractivity contribution in [2.24, 2.45) is 5.73 Å². The van der Waals surface area contributed by atoms with Crippen LogP contribution in [0.25, 0.3) is 0 Å². The van der Waals surface area contributed by atoms with Crippen molar-refractivity contribution in [3.8, 4) is 0 Å². The molecule has 3 aromatic rings. The summed E-state index contributed by atoms with van der Waals surface area (Å²) in [5, 5.41) is 0. The van der Waals surface area contributed by atoms with Crippen molar-refractivity contribution in [3.63, 3.8) is 0 Å². The molecule has 0 aliphatic carbocycles. The van der Waals surface area contributed by atoms with Crippen LogP contribution in [0.2, 0.25) is 0 Å². The van der Waals surface area contributed by atoms with E-state index in [0.717, 1.165) is 16.7 Å². The first-order valence-electron chi connectivity index (χ1n) is 7.68. The van der Waals surface area contributed by atoms with Gasteiger partial charge in [-0.3, -0.25) is 4.79 Å². The Morgan fingerprint density at radius 1 is 0.696 bits per heavy atom. The average Bonchev–Trinajstić information content (AvgIpc) is 2.62. The Morgan fingerprint density at radius 2 is 1.09 bits per heavy atom. The summed E-state index contributed by atoms with van der Waals surface area (Å²) in [4.78, 5) is 12.6. The number of carbonyl (C=O) groups is 1. The van der Waals surface area contributed by atoms with Gasteiger partial charge in [0.25, 0.3) is 0 Å². The zero-order chi connectivity index (χ0) is 16.1. The molecular formula is C21H19NO. The zero-order valence-corrected chi connectivity index (χ0v) is 12.9. The van der Waals surface area contributed by atoms with Crippen molar-refractivity contribution in [2.75, 3.05) is 0 Å². The fourth-order valence-corrected chi connectivity index (χ4v) is 3.09. The lowest BCUT2D eigenvalue weighted by Crippen LogP contribution is -2.44. The molecule has 3 aromatic carbocycles. The molecule has 2 heteroatoms. The third-order valence-corrected chi connectivity index (χ3v) is 4.27. The first-order valence-corrected chi connectivity index (χ1v) is 7.68. The second kappa shape index (κ2) is 6.49. The van der Waals surface area contributed by atoms with Gasteiger partial charge in [-0.1, -0.05) is 91.0 Å². The van der Waals surface area contributed by atoms with Crippen LogP contribution in [0.1, 0.15) is 16.7 Å². The summed E-state index contributed by atoms with van der Waals surface area (Å²) in [6.45, 7) is 0. The third-order valence-electron chi connectivity index (χ3n) is 4.27. The van der Waals surface area contributed by atoms with E-state index in [1.165, 1.54) is 0 Å². The number of carbonyl (C=O) groups excluding carboxylic acids is 1. The fraction of sp³-hybridized carbons (Fsp3) is 0.0952. The van der Waals surface area contributed by atoms with Crippen LogP contribution in [0.3, 0.4) is 0 Å². The van der Waals surface area contributed by atoms with Crippen LogP contribution in [0.4, 0.5) is 0 Å². The van der Waals surface area contributed by atoms with E-state index >= 15 is 0 Å². The summed E-state index contributed by atoms with van der Waals surface area (Å²) in [6, 6.07) is 29.6. The Labute approximate surface area is 136 Å². The Balaban J connectivity index is 2.21. The molecule has 23 heavy (non-hydrogen) atoms. The van der Waals surface area contributed by atoms with Gasteiger partial charge in [0.05, 0.1) is 0 Å². The van der Waals surface area contributed by atoms with Crippen LogP contribution in [-0.4, -0.2) is 5.91 Å². The fourth-order valence-electron chi connectivity index (χ4n) is 3.09. The zero-order valence-electron chi connectivity index (χ0n) is 12.9. The average molecular weight is 301 g/mol. The van der Waals surface area contributed by atoms with E-state index < -0.39 is 5.41 Å². The molecule has 0 atom stereocenters. The topological polar surface area (TPSA) is 43.1 Å². The summed E-state index contributed by atoms with van der Waals surface area (Å²) in [7, 11) is 0. The van der Waals surface area contributed by atoms with Gasteiger partial charge >= 0.3 is 0 Å². The summed E-state index contributed by atoms with van der Waals surface area (Å²) in [5.74, 6) is -0.334. The van der Waals surface area contributed by atoms with Crippen molar-refractivity contribution in [3.05, 3.63) is 108 Å². The first-order chi connectivity index (χ1) is 11.2. The van der Waals surface area contributed by atoms with E-state index in [2.05, 4.69) is 0 Å². The molecule has 2 N–H and O–H groups in total. The van der Waals surface area contributed by atoms with Crippen molar-refractivity contribution in [1.29, 1.82) is 0 Å². The minimum Gasteiger partial charge on any atom is -0.369 e. The number of benzene rings is 3. The molecule has 0 radical (unpaired) electrons. The number of hydrogen-bond donors (Lipinski definition) is 1. The van der Waals surface area contributed by atoms with Gasteiger partial charge in [-0.05, 0) is 23.1 Å². The molecule has 3 rings (SSSR count). The van der Waals surface area contributed by atoms with Gasteiger partial charge in [0.1, 0.15) is 5.41 Å². The maximum absolute atomic E-state index is 12.6. The molecule has 0 aliphatic heterocycles. The number of hydrogen-bond acceptors (Lipinski definition) is 1. The van der Waals surface area contributed by atoms with Gasteiger partial charge in [0.2, 0.25) is 5.91 Å². The van der Waals surface area contributed by atoms with Gasteiger partial charge in [-0.2, -0.15) is 0 Å². The molecule has 0 saturated carbocycles. The van der Waals surface area contributed by atoms with Crippen molar-refractivity contribution >= 4 is 5.91 Å². The number of amides is 1. The highest BCUT2D eigenvalue weighted by molar-refractivity contribution is 5.91. The molecule has 0 unspecified atom stereocenters. The smallest absolute Gasteiger partial charge is 0.232 e. The van der Waals surface area contributed by atoms with Gasteiger partial charge in [0, 0.05) is 0 Å². The molecule has 0 spiro atoms. The molecule has 0 aromatic heterocycles. The lowest BCUT2D eigenvalue weighted by atomic mass is 9.70. The van der Waals surface area contributed by atoms with E-state index in [0.29, 0.717) is 6.42 Å². The molecule has 0 saturated heterocycles. The standard InChI is InChI=1S/C21H19NO/c22-20(23)21(18-12-6-2-7-13-18,19-14-8-3-9-15-19)16-17-10-4-1-5-11-17/h1-15H,16H2,(H2,22,23). The first kappa shape index (κ1) is 15.0. The summed E-state index contributed by atoms with van der Waals surface area (Å²) < 4.78 is 0. The summed E-state index contributed by atoms with van der Waals surface area (Å²) in [6.07, 6.45) is 0.539. The molecule has 0 fully saturated rings. The van der Waals surface area contributed by atoms with Crippen molar-refractivity contribution in [1.82, 2.24) is 0 Å². The molecule has 114 valence electrons. The molecule has 0 aliphatic rings. The van der Waals surface area contributed by atoms with Gasteiger partial charge < -0.3 is 5.73 Å². The van der Waals surface area contributed by atoms with Crippen LogP contribution < -0.4 is 5.73 Å². The normalized spacial score (nSPS) is 11.1. The van der Waals surface area contributed by atoms with Crippen LogP contribution >= 0.6 is 0 Å². The minimum atomic E-state index is -0.871. The second-order valence-corrected chi connectivity index (χ2v) is 5.66. The molecular weight excluding hydrogens is 282 g/mol. The lowest BCUT2D eigenvalue weighted by molar-refractivity contribution is -0.122. The predicted octanol–water partition coefficient (Wildman–Crippen LogP) is 3.70. The number of nitrogens with two attached hydrogens (primary N) is 1. The maximum atomic E-state index is 12.6. The van der Waals surface area contributed by atoms with E-state index in [4.69, 9.17) is 5.73 Å². The predicted molar refractivity (Wildman–Crippen MR) is 93.0 cm³/mol. The van der Waals surface area contributed by atoms with Crippen LogP contribution in [0.15, 0.2) is 91.0 Å². The number of rotatable bonds is 5. The Kier molecular flexibility index (Phi) is 4.24. The number of primary amides is 1. The van der Waals surface area contributed by atoms with E-state index in [1.807, 2.05) is 91.0 Å².